The maximum absolute atomic E-state index is 12.3. The Morgan fingerprint density at radius 3 is 2.58 bits per heavy atom. The fourth-order valence-corrected chi connectivity index (χ4v) is 3.16. The molecule has 3 rings (SSSR count). The number of anilines is 1. The van der Waals surface area contributed by atoms with Crippen LogP contribution in [0, 0.1) is 24.3 Å². The van der Waals surface area contributed by atoms with Crippen molar-refractivity contribution in [2.24, 2.45) is 0 Å². The Labute approximate surface area is 166 Å². The minimum atomic E-state index is -0.210. The molecule has 0 radical (unpaired) electrons. The van der Waals surface area contributed by atoms with E-state index in [0.29, 0.717) is 5.75 Å². The van der Waals surface area contributed by atoms with Gasteiger partial charge in [-0.3, -0.25) is 4.79 Å². The summed E-state index contributed by atoms with van der Waals surface area (Å²) in [5.74, 6) is 0.467. The van der Waals surface area contributed by atoms with Crippen molar-refractivity contribution in [2.75, 3.05) is 11.9 Å². The highest BCUT2D eigenvalue weighted by atomic mass is 127. The van der Waals surface area contributed by atoms with Gasteiger partial charge in [0.25, 0.3) is 5.91 Å². The standard InChI is InChI=1S/C20H20IN3O2/c1-13-7-9-17(10-8-13)24-15(3)20(14(2)23-24)22-19(25)12-26-18-6-4-5-16(21)11-18/h4-11H,12H2,1-3H3,(H,22,25). The van der Waals surface area contributed by atoms with Gasteiger partial charge >= 0.3 is 0 Å². The van der Waals surface area contributed by atoms with Crippen molar-refractivity contribution in [3.05, 3.63) is 69.1 Å². The van der Waals surface area contributed by atoms with Crippen molar-refractivity contribution in [1.29, 1.82) is 0 Å². The molecule has 26 heavy (non-hydrogen) atoms. The molecular formula is C20H20IN3O2. The second kappa shape index (κ2) is 7.90. The molecule has 0 unspecified atom stereocenters. The van der Waals surface area contributed by atoms with Crippen LogP contribution in [0.15, 0.2) is 48.5 Å². The number of carbonyl (C=O) groups is 1. The highest BCUT2D eigenvalue weighted by molar-refractivity contribution is 14.1. The molecule has 2 aromatic carbocycles. The van der Waals surface area contributed by atoms with E-state index < -0.39 is 0 Å². The first-order chi connectivity index (χ1) is 12.4. The third-order valence-corrected chi connectivity index (χ3v) is 4.67. The molecule has 0 fully saturated rings. The van der Waals surface area contributed by atoms with Gasteiger partial charge in [-0.15, -0.1) is 0 Å². The van der Waals surface area contributed by atoms with E-state index >= 15 is 0 Å². The van der Waals surface area contributed by atoms with Crippen molar-refractivity contribution < 1.29 is 9.53 Å². The molecule has 0 aliphatic carbocycles. The number of benzene rings is 2. The van der Waals surface area contributed by atoms with Crippen LogP contribution in [0.2, 0.25) is 0 Å². The highest BCUT2D eigenvalue weighted by Crippen LogP contribution is 2.23. The predicted molar refractivity (Wildman–Crippen MR) is 111 cm³/mol. The Morgan fingerprint density at radius 2 is 1.88 bits per heavy atom. The number of hydrogen-bond acceptors (Lipinski definition) is 3. The van der Waals surface area contributed by atoms with Crippen LogP contribution in [0.3, 0.4) is 0 Å². The monoisotopic (exact) mass is 461 g/mol. The Balaban J connectivity index is 1.71. The number of carbonyl (C=O) groups excluding carboxylic acids is 1. The van der Waals surface area contributed by atoms with Gasteiger partial charge in [-0.1, -0.05) is 23.8 Å². The molecule has 1 N–H and O–H groups in total. The number of hydrogen-bond donors (Lipinski definition) is 1. The fraction of sp³-hybridized carbons (Fsp3) is 0.200. The zero-order valence-corrected chi connectivity index (χ0v) is 17.1. The van der Waals surface area contributed by atoms with Gasteiger partial charge < -0.3 is 10.1 Å². The lowest BCUT2D eigenvalue weighted by atomic mass is 10.2. The number of amides is 1. The number of ether oxygens (including phenoxy) is 1. The number of rotatable bonds is 5. The SMILES string of the molecule is Cc1ccc(-n2nc(C)c(NC(=O)COc3cccc(I)c3)c2C)cc1. The van der Waals surface area contributed by atoms with Gasteiger partial charge in [-0.2, -0.15) is 5.10 Å². The van der Waals surface area contributed by atoms with Crippen LogP contribution in [0.5, 0.6) is 5.75 Å². The van der Waals surface area contributed by atoms with Crippen molar-refractivity contribution in [3.63, 3.8) is 0 Å². The Kier molecular flexibility index (Phi) is 5.61. The molecule has 1 aromatic heterocycles. The van der Waals surface area contributed by atoms with E-state index in [-0.39, 0.29) is 12.5 Å². The third-order valence-electron chi connectivity index (χ3n) is 4.00. The summed E-state index contributed by atoms with van der Waals surface area (Å²) in [6.45, 7) is 5.82. The lowest BCUT2D eigenvalue weighted by molar-refractivity contribution is -0.118. The lowest BCUT2D eigenvalue weighted by Gasteiger charge is -2.09. The van der Waals surface area contributed by atoms with E-state index in [1.54, 1.807) is 0 Å². The van der Waals surface area contributed by atoms with Crippen LogP contribution >= 0.6 is 22.6 Å². The van der Waals surface area contributed by atoms with Gasteiger partial charge in [0, 0.05) is 3.57 Å². The van der Waals surface area contributed by atoms with E-state index in [0.717, 1.165) is 26.3 Å². The number of aryl methyl sites for hydroxylation is 2. The van der Waals surface area contributed by atoms with E-state index in [4.69, 9.17) is 4.74 Å². The summed E-state index contributed by atoms with van der Waals surface area (Å²) in [4.78, 5) is 12.3. The summed E-state index contributed by atoms with van der Waals surface area (Å²) in [5, 5.41) is 7.47. The molecule has 0 bridgehead atoms. The normalized spacial score (nSPS) is 10.6. The second-order valence-corrected chi connectivity index (χ2v) is 7.33. The first-order valence-electron chi connectivity index (χ1n) is 8.25. The summed E-state index contributed by atoms with van der Waals surface area (Å²) in [6.07, 6.45) is 0. The van der Waals surface area contributed by atoms with Crippen LogP contribution in [0.25, 0.3) is 5.69 Å². The van der Waals surface area contributed by atoms with E-state index in [1.807, 2.05) is 74.0 Å². The number of aromatic nitrogens is 2. The predicted octanol–water partition coefficient (Wildman–Crippen LogP) is 4.42. The minimum absolute atomic E-state index is 0.0469. The van der Waals surface area contributed by atoms with E-state index in [1.165, 1.54) is 5.56 Å². The molecule has 5 nitrogen and oxygen atoms in total. The highest BCUT2D eigenvalue weighted by Gasteiger charge is 2.15. The molecule has 3 aromatic rings. The summed E-state index contributed by atoms with van der Waals surface area (Å²) in [5.41, 5.74) is 4.53. The molecule has 0 saturated carbocycles. The second-order valence-electron chi connectivity index (χ2n) is 6.09. The molecule has 0 spiro atoms. The average Bonchev–Trinajstić information content (AvgIpc) is 2.89. The van der Waals surface area contributed by atoms with Crippen molar-refractivity contribution in [3.8, 4) is 11.4 Å². The smallest absolute Gasteiger partial charge is 0.262 e. The summed E-state index contributed by atoms with van der Waals surface area (Å²) in [7, 11) is 0. The van der Waals surface area contributed by atoms with Gasteiger partial charge in [0.2, 0.25) is 0 Å². The Hall–Kier alpha value is -2.35. The van der Waals surface area contributed by atoms with Crippen LogP contribution < -0.4 is 10.1 Å². The zero-order valence-electron chi connectivity index (χ0n) is 14.9. The molecule has 1 heterocycles. The van der Waals surface area contributed by atoms with Crippen molar-refractivity contribution >= 4 is 34.2 Å². The molecule has 0 aliphatic heterocycles. The van der Waals surface area contributed by atoms with E-state index in [2.05, 4.69) is 33.0 Å². The molecule has 0 saturated heterocycles. The van der Waals surface area contributed by atoms with Gasteiger partial charge in [-0.25, -0.2) is 4.68 Å². The first kappa shape index (κ1) is 18.4. The maximum atomic E-state index is 12.3. The van der Waals surface area contributed by atoms with Crippen LogP contribution in [0.4, 0.5) is 5.69 Å². The summed E-state index contributed by atoms with van der Waals surface area (Å²) >= 11 is 2.21. The average molecular weight is 461 g/mol. The molecule has 0 aliphatic rings. The van der Waals surface area contributed by atoms with Crippen LogP contribution in [-0.4, -0.2) is 22.3 Å². The van der Waals surface area contributed by atoms with Crippen molar-refractivity contribution in [2.45, 2.75) is 20.8 Å². The van der Waals surface area contributed by atoms with Gasteiger partial charge in [-0.05, 0) is 73.7 Å². The van der Waals surface area contributed by atoms with Crippen LogP contribution in [0.1, 0.15) is 17.0 Å². The van der Waals surface area contributed by atoms with Gasteiger partial charge in [0.05, 0.1) is 22.8 Å². The number of halogens is 1. The summed E-state index contributed by atoms with van der Waals surface area (Å²) in [6, 6.07) is 15.7. The molecular weight excluding hydrogens is 441 g/mol. The zero-order chi connectivity index (χ0) is 18.7. The summed E-state index contributed by atoms with van der Waals surface area (Å²) < 4.78 is 8.46. The van der Waals surface area contributed by atoms with Gasteiger partial charge in [0.15, 0.2) is 6.61 Å². The lowest BCUT2D eigenvalue weighted by Crippen LogP contribution is -2.21. The third kappa shape index (κ3) is 4.24. The van der Waals surface area contributed by atoms with Crippen molar-refractivity contribution in [1.82, 2.24) is 9.78 Å². The Morgan fingerprint density at radius 1 is 1.15 bits per heavy atom. The van der Waals surface area contributed by atoms with E-state index in [9.17, 15) is 4.79 Å². The van der Waals surface area contributed by atoms with Gasteiger partial charge in [0.1, 0.15) is 5.75 Å². The number of nitrogens with one attached hydrogen (secondary N) is 1. The molecule has 1 amide bonds. The number of nitrogens with zero attached hydrogens (tertiary/aromatic N) is 2. The molecule has 0 atom stereocenters. The van der Waals surface area contributed by atoms with Crippen LogP contribution in [-0.2, 0) is 4.79 Å². The minimum Gasteiger partial charge on any atom is -0.484 e. The first-order valence-corrected chi connectivity index (χ1v) is 9.33. The largest absolute Gasteiger partial charge is 0.484 e. The fourth-order valence-electron chi connectivity index (χ4n) is 2.64. The molecule has 6 heteroatoms. The quantitative estimate of drug-likeness (QED) is 0.573. The topological polar surface area (TPSA) is 56.2 Å². The Bertz CT molecular complexity index is 933. The molecule has 134 valence electrons. The maximum Gasteiger partial charge on any atom is 0.262 e.